The number of nitrogens with one attached hydrogen (secondary N) is 1. The standard InChI is InChI=1S/C15H15N5O/c1-17-14-12(9-3-5-11(21-2)6-4-9)7-10-8-18-15(16)20-13(10)19-14/h3-8H,1-2H3,(H3,16,17,18,19,20). The molecule has 2 aromatic heterocycles. The molecule has 106 valence electrons. The highest BCUT2D eigenvalue weighted by Crippen LogP contribution is 2.30. The molecule has 0 amide bonds. The summed E-state index contributed by atoms with van der Waals surface area (Å²) in [6.07, 6.45) is 1.68. The van der Waals surface area contributed by atoms with Crippen LogP contribution in [0, 0.1) is 0 Å². The Bertz CT molecular complexity index is 786. The molecular weight excluding hydrogens is 266 g/mol. The third kappa shape index (κ3) is 2.43. The largest absolute Gasteiger partial charge is 0.497 e. The Hall–Kier alpha value is -2.89. The molecule has 6 nitrogen and oxygen atoms in total. The van der Waals surface area contributed by atoms with Gasteiger partial charge in [0.15, 0.2) is 5.65 Å². The third-order valence-electron chi connectivity index (χ3n) is 3.23. The van der Waals surface area contributed by atoms with E-state index in [1.165, 1.54) is 0 Å². The maximum absolute atomic E-state index is 5.60. The molecule has 3 N–H and O–H groups in total. The van der Waals surface area contributed by atoms with E-state index < -0.39 is 0 Å². The molecule has 0 saturated carbocycles. The minimum atomic E-state index is 0.217. The molecule has 0 spiro atoms. The molecule has 6 heteroatoms. The highest BCUT2D eigenvalue weighted by Gasteiger charge is 2.09. The van der Waals surface area contributed by atoms with Crippen LogP contribution in [0.5, 0.6) is 5.75 Å². The molecule has 3 aromatic rings. The number of fused-ring (bicyclic) bond motifs is 1. The number of anilines is 2. The number of nitrogens with two attached hydrogens (primary N) is 1. The van der Waals surface area contributed by atoms with Crippen LogP contribution in [0.2, 0.25) is 0 Å². The van der Waals surface area contributed by atoms with Gasteiger partial charge in [0.1, 0.15) is 11.6 Å². The van der Waals surface area contributed by atoms with Gasteiger partial charge in [-0.2, -0.15) is 4.98 Å². The molecule has 21 heavy (non-hydrogen) atoms. The second kappa shape index (κ2) is 5.24. The van der Waals surface area contributed by atoms with Crippen LogP contribution in [0.1, 0.15) is 0 Å². The van der Waals surface area contributed by atoms with E-state index in [1.807, 2.05) is 37.4 Å². The first-order chi connectivity index (χ1) is 10.2. The number of nitrogen functional groups attached to an aromatic ring is 1. The lowest BCUT2D eigenvalue weighted by atomic mass is 10.1. The minimum absolute atomic E-state index is 0.217. The Morgan fingerprint density at radius 2 is 1.90 bits per heavy atom. The molecule has 0 unspecified atom stereocenters. The van der Waals surface area contributed by atoms with Crippen LogP contribution >= 0.6 is 0 Å². The molecule has 0 fully saturated rings. The summed E-state index contributed by atoms with van der Waals surface area (Å²) in [5.74, 6) is 1.77. The lowest BCUT2D eigenvalue weighted by Crippen LogP contribution is -2.00. The number of hydrogen-bond donors (Lipinski definition) is 2. The SMILES string of the molecule is CNc1nc2nc(N)ncc2cc1-c1ccc(OC)cc1. The normalized spacial score (nSPS) is 10.6. The summed E-state index contributed by atoms with van der Waals surface area (Å²) in [4.78, 5) is 12.7. The van der Waals surface area contributed by atoms with Crippen molar-refractivity contribution in [2.75, 3.05) is 25.2 Å². The van der Waals surface area contributed by atoms with E-state index in [2.05, 4.69) is 20.3 Å². The second-order valence-corrected chi connectivity index (χ2v) is 4.50. The smallest absolute Gasteiger partial charge is 0.222 e. The fourth-order valence-corrected chi connectivity index (χ4v) is 2.16. The monoisotopic (exact) mass is 281 g/mol. The minimum Gasteiger partial charge on any atom is -0.497 e. The summed E-state index contributed by atoms with van der Waals surface area (Å²) >= 11 is 0. The van der Waals surface area contributed by atoms with Crippen molar-refractivity contribution in [2.45, 2.75) is 0 Å². The number of methoxy groups -OCH3 is 1. The van der Waals surface area contributed by atoms with E-state index in [-0.39, 0.29) is 5.95 Å². The molecule has 0 bridgehead atoms. The van der Waals surface area contributed by atoms with Gasteiger partial charge in [0.05, 0.1) is 7.11 Å². The predicted octanol–water partition coefficient (Wildman–Crippen LogP) is 2.32. The van der Waals surface area contributed by atoms with Crippen molar-refractivity contribution < 1.29 is 4.74 Å². The number of ether oxygens (including phenoxy) is 1. The van der Waals surface area contributed by atoms with Crippen LogP contribution in [0.3, 0.4) is 0 Å². The third-order valence-corrected chi connectivity index (χ3v) is 3.23. The second-order valence-electron chi connectivity index (χ2n) is 4.50. The number of pyridine rings is 1. The Kier molecular flexibility index (Phi) is 3.27. The molecule has 3 rings (SSSR count). The first-order valence-corrected chi connectivity index (χ1v) is 6.46. The van der Waals surface area contributed by atoms with Crippen LogP contribution in [0.15, 0.2) is 36.5 Å². The number of rotatable bonds is 3. The molecular formula is C15H15N5O. The average molecular weight is 281 g/mol. The van der Waals surface area contributed by atoms with Gasteiger partial charge in [-0.1, -0.05) is 12.1 Å². The van der Waals surface area contributed by atoms with Gasteiger partial charge in [0.25, 0.3) is 0 Å². The Morgan fingerprint density at radius 3 is 2.57 bits per heavy atom. The van der Waals surface area contributed by atoms with Crippen LogP contribution < -0.4 is 15.8 Å². The Labute approximate surface area is 122 Å². The van der Waals surface area contributed by atoms with Crippen molar-refractivity contribution in [3.05, 3.63) is 36.5 Å². The molecule has 0 aliphatic carbocycles. The zero-order valence-electron chi connectivity index (χ0n) is 11.8. The Balaban J connectivity index is 2.17. The molecule has 0 saturated heterocycles. The topological polar surface area (TPSA) is 86.0 Å². The first-order valence-electron chi connectivity index (χ1n) is 6.46. The van der Waals surface area contributed by atoms with E-state index in [0.29, 0.717) is 5.65 Å². The van der Waals surface area contributed by atoms with Gasteiger partial charge in [-0.3, -0.25) is 0 Å². The van der Waals surface area contributed by atoms with Crippen LogP contribution in [0.4, 0.5) is 11.8 Å². The molecule has 0 radical (unpaired) electrons. The molecule has 1 aromatic carbocycles. The summed E-state index contributed by atoms with van der Waals surface area (Å²) in [7, 11) is 3.47. The van der Waals surface area contributed by atoms with E-state index in [0.717, 1.165) is 28.1 Å². The number of benzene rings is 1. The van der Waals surface area contributed by atoms with Gasteiger partial charge in [-0.25, -0.2) is 9.97 Å². The molecule has 2 heterocycles. The van der Waals surface area contributed by atoms with Crippen molar-refractivity contribution in [3.8, 4) is 16.9 Å². The van der Waals surface area contributed by atoms with Crippen LogP contribution in [0.25, 0.3) is 22.2 Å². The summed E-state index contributed by atoms with van der Waals surface area (Å²) in [6.45, 7) is 0. The van der Waals surface area contributed by atoms with Gasteiger partial charge in [0.2, 0.25) is 5.95 Å². The Morgan fingerprint density at radius 1 is 1.14 bits per heavy atom. The van der Waals surface area contributed by atoms with Crippen molar-refractivity contribution in [1.82, 2.24) is 15.0 Å². The van der Waals surface area contributed by atoms with Crippen LogP contribution in [-0.2, 0) is 0 Å². The summed E-state index contributed by atoms with van der Waals surface area (Å²) in [5.41, 5.74) is 8.18. The van der Waals surface area contributed by atoms with Crippen LogP contribution in [-0.4, -0.2) is 29.1 Å². The van der Waals surface area contributed by atoms with Crippen molar-refractivity contribution in [3.63, 3.8) is 0 Å². The van der Waals surface area contributed by atoms with E-state index in [9.17, 15) is 0 Å². The molecule has 0 atom stereocenters. The lowest BCUT2D eigenvalue weighted by molar-refractivity contribution is 0.415. The van der Waals surface area contributed by atoms with E-state index >= 15 is 0 Å². The summed E-state index contributed by atoms with van der Waals surface area (Å²) in [5, 5.41) is 3.93. The van der Waals surface area contributed by atoms with Crippen molar-refractivity contribution in [2.24, 2.45) is 0 Å². The quantitative estimate of drug-likeness (QED) is 0.766. The summed E-state index contributed by atoms with van der Waals surface area (Å²) in [6, 6.07) is 9.80. The zero-order valence-corrected chi connectivity index (χ0v) is 11.8. The van der Waals surface area contributed by atoms with Crippen molar-refractivity contribution in [1.29, 1.82) is 0 Å². The predicted molar refractivity (Wildman–Crippen MR) is 83.3 cm³/mol. The van der Waals surface area contributed by atoms with Gasteiger partial charge in [-0.05, 0) is 23.8 Å². The van der Waals surface area contributed by atoms with Gasteiger partial charge in [0, 0.05) is 24.2 Å². The first kappa shape index (κ1) is 13.1. The maximum atomic E-state index is 5.60. The number of nitrogens with zero attached hydrogens (tertiary/aromatic N) is 3. The molecule has 0 aliphatic heterocycles. The highest BCUT2D eigenvalue weighted by atomic mass is 16.5. The van der Waals surface area contributed by atoms with Gasteiger partial charge < -0.3 is 15.8 Å². The van der Waals surface area contributed by atoms with Crippen molar-refractivity contribution >= 4 is 22.8 Å². The average Bonchev–Trinajstić information content (AvgIpc) is 2.53. The lowest BCUT2D eigenvalue weighted by Gasteiger charge is -2.10. The molecule has 0 aliphatic rings. The van der Waals surface area contributed by atoms with E-state index in [1.54, 1.807) is 13.3 Å². The number of hydrogen-bond acceptors (Lipinski definition) is 6. The highest BCUT2D eigenvalue weighted by molar-refractivity contribution is 5.87. The fraction of sp³-hybridized carbons (Fsp3) is 0.133. The summed E-state index contributed by atoms with van der Waals surface area (Å²) < 4.78 is 5.18. The maximum Gasteiger partial charge on any atom is 0.222 e. The van der Waals surface area contributed by atoms with E-state index in [4.69, 9.17) is 10.5 Å². The van der Waals surface area contributed by atoms with Gasteiger partial charge in [-0.15, -0.1) is 0 Å². The zero-order chi connectivity index (χ0) is 14.8. The fourth-order valence-electron chi connectivity index (χ4n) is 2.16. The van der Waals surface area contributed by atoms with Gasteiger partial charge >= 0.3 is 0 Å². The number of aromatic nitrogens is 3.